The van der Waals surface area contributed by atoms with E-state index in [1.54, 1.807) is 0 Å². The third kappa shape index (κ3) is 3.82. The summed E-state index contributed by atoms with van der Waals surface area (Å²) in [6.07, 6.45) is 2.75. The third-order valence-electron chi connectivity index (χ3n) is 6.37. The van der Waals surface area contributed by atoms with Gasteiger partial charge in [0.05, 0.1) is 5.41 Å². The molecule has 3 aromatic carbocycles. The number of piperidine rings is 1. The number of likely N-dealkylation sites (tertiary alicyclic amines) is 1. The number of carbonyl (C=O) groups excluding carboxylic acids is 1. The van der Waals surface area contributed by atoms with E-state index in [0.29, 0.717) is 24.5 Å². The molecule has 29 heavy (non-hydrogen) atoms. The first-order valence-electron chi connectivity index (χ1n) is 10.5. The molecule has 0 aromatic heterocycles. The van der Waals surface area contributed by atoms with Gasteiger partial charge in [0.15, 0.2) is 0 Å². The number of benzene rings is 3. The van der Waals surface area contributed by atoms with Gasteiger partial charge >= 0.3 is 0 Å². The number of nitrogens with one attached hydrogen (secondary N) is 1. The van der Waals surface area contributed by atoms with Crippen LogP contribution in [-0.4, -0.2) is 29.6 Å². The van der Waals surface area contributed by atoms with E-state index in [1.807, 2.05) is 31.2 Å². The molecule has 1 fully saturated rings. The Kier molecular flexibility index (Phi) is 5.48. The van der Waals surface area contributed by atoms with Crippen molar-refractivity contribution >= 4 is 22.4 Å². The molecule has 1 aliphatic heterocycles. The predicted octanol–water partition coefficient (Wildman–Crippen LogP) is 5.37. The lowest BCUT2D eigenvalue weighted by atomic mass is 9.69. The van der Waals surface area contributed by atoms with Gasteiger partial charge in [0.25, 0.3) is 0 Å². The van der Waals surface area contributed by atoms with Crippen LogP contribution in [0.2, 0.25) is 0 Å². The van der Waals surface area contributed by atoms with Crippen LogP contribution in [0.1, 0.15) is 37.3 Å². The lowest BCUT2D eigenvalue weighted by molar-refractivity contribution is -0.125. The fraction of sp³-hybridized carbons (Fsp3) is 0.308. The number of Topliss-reactive ketones (excluding diaryl/α,β-unsaturated/α-hetero) is 1. The second kappa shape index (κ2) is 8.20. The molecule has 1 saturated heterocycles. The summed E-state index contributed by atoms with van der Waals surface area (Å²) < 4.78 is 0. The number of hydrogen-bond acceptors (Lipinski definition) is 2. The van der Waals surface area contributed by atoms with Gasteiger partial charge in [0.1, 0.15) is 11.6 Å². The Labute approximate surface area is 172 Å². The maximum atomic E-state index is 12.9. The van der Waals surface area contributed by atoms with Gasteiger partial charge in [-0.3, -0.25) is 10.2 Å². The summed E-state index contributed by atoms with van der Waals surface area (Å²) >= 11 is 0. The molecular formula is C26H28N2O. The van der Waals surface area contributed by atoms with Crippen LogP contribution in [0, 0.1) is 5.41 Å². The van der Waals surface area contributed by atoms with Crippen molar-refractivity contribution < 1.29 is 4.79 Å². The molecule has 0 unspecified atom stereocenters. The standard InChI is InChI=1S/C26H28N2O/c1-2-24(29)26(23-10-4-3-5-11-23)14-16-28(17-15-26)25(27)19-20-12-13-21-8-6-7-9-22(21)18-20/h3-13,18,27H,2,14-17,19H2,1H3. The second-order valence-electron chi connectivity index (χ2n) is 8.02. The van der Waals surface area contributed by atoms with E-state index in [1.165, 1.54) is 16.3 Å². The van der Waals surface area contributed by atoms with Gasteiger partial charge in [-0.2, -0.15) is 0 Å². The van der Waals surface area contributed by atoms with Crippen molar-refractivity contribution in [1.29, 1.82) is 5.41 Å². The molecule has 3 aromatic rings. The van der Waals surface area contributed by atoms with Crippen LogP contribution in [0.25, 0.3) is 10.8 Å². The summed E-state index contributed by atoms with van der Waals surface area (Å²) in [5.74, 6) is 0.968. The normalized spacial score (nSPS) is 16.0. The zero-order valence-corrected chi connectivity index (χ0v) is 17.0. The first-order valence-corrected chi connectivity index (χ1v) is 10.5. The molecule has 3 heteroatoms. The van der Waals surface area contributed by atoms with Gasteiger partial charge in [-0.25, -0.2) is 0 Å². The van der Waals surface area contributed by atoms with E-state index in [2.05, 4.69) is 53.4 Å². The van der Waals surface area contributed by atoms with Gasteiger partial charge in [-0.15, -0.1) is 0 Å². The van der Waals surface area contributed by atoms with E-state index in [4.69, 9.17) is 5.41 Å². The monoisotopic (exact) mass is 384 g/mol. The van der Waals surface area contributed by atoms with E-state index < -0.39 is 5.41 Å². The number of ketones is 1. The van der Waals surface area contributed by atoms with Crippen molar-refractivity contribution in [1.82, 2.24) is 4.90 Å². The molecule has 1 heterocycles. The zero-order valence-electron chi connectivity index (χ0n) is 17.0. The SMILES string of the molecule is CCC(=O)C1(c2ccccc2)CCN(C(=N)Cc2ccc3ccccc3c2)CC1. The molecule has 1 N–H and O–H groups in total. The smallest absolute Gasteiger partial charge is 0.143 e. The molecule has 0 amide bonds. The number of hydrogen-bond donors (Lipinski definition) is 1. The first kappa shape index (κ1) is 19.4. The minimum Gasteiger partial charge on any atom is -0.360 e. The Hall–Kier alpha value is -2.94. The molecule has 0 atom stereocenters. The van der Waals surface area contributed by atoms with Crippen molar-refractivity contribution in [3.63, 3.8) is 0 Å². The van der Waals surface area contributed by atoms with Crippen molar-refractivity contribution in [3.05, 3.63) is 83.9 Å². The fourth-order valence-corrected chi connectivity index (χ4v) is 4.64. The minimum atomic E-state index is -0.393. The molecule has 0 radical (unpaired) electrons. The summed E-state index contributed by atoms with van der Waals surface area (Å²) in [5.41, 5.74) is 1.90. The average molecular weight is 385 g/mol. The fourth-order valence-electron chi connectivity index (χ4n) is 4.64. The zero-order chi connectivity index (χ0) is 20.3. The highest BCUT2D eigenvalue weighted by atomic mass is 16.1. The molecule has 3 nitrogen and oxygen atoms in total. The minimum absolute atomic E-state index is 0.324. The molecule has 148 valence electrons. The Morgan fingerprint density at radius 3 is 2.28 bits per heavy atom. The van der Waals surface area contributed by atoms with Crippen molar-refractivity contribution in [3.8, 4) is 0 Å². The van der Waals surface area contributed by atoms with Crippen LogP contribution in [0.4, 0.5) is 0 Å². The number of fused-ring (bicyclic) bond motifs is 1. The summed E-state index contributed by atoms with van der Waals surface area (Å²) in [5, 5.41) is 11.1. The molecule has 0 bridgehead atoms. The second-order valence-corrected chi connectivity index (χ2v) is 8.02. The maximum absolute atomic E-state index is 12.9. The van der Waals surface area contributed by atoms with Crippen LogP contribution in [0.5, 0.6) is 0 Å². The Morgan fingerprint density at radius 2 is 1.59 bits per heavy atom. The van der Waals surface area contributed by atoms with Crippen LogP contribution >= 0.6 is 0 Å². The van der Waals surface area contributed by atoms with Gasteiger partial charge in [0, 0.05) is 25.9 Å². The highest BCUT2D eigenvalue weighted by Crippen LogP contribution is 2.37. The molecular weight excluding hydrogens is 356 g/mol. The van der Waals surface area contributed by atoms with Crippen LogP contribution in [-0.2, 0) is 16.6 Å². The molecule has 0 spiro atoms. The van der Waals surface area contributed by atoms with Crippen LogP contribution < -0.4 is 0 Å². The molecule has 4 rings (SSSR count). The van der Waals surface area contributed by atoms with E-state index in [-0.39, 0.29) is 0 Å². The number of nitrogens with zero attached hydrogens (tertiary/aromatic N) is 1. The number of carbonyl (C=O) groups is 1. The Morgan fingerprint density at radius 1 is 0.931 bits per heavy atom. The topological polar surface area (TPSA) is 44.2 Å². The largest absolute Gasteiger partial charge is 0.360 e. The van der Waals surface area contributed by atoms with Crippen molar-refractivity contribution in [2.24, 2.45) is 0 Å². The number of amidine groups is 1. The quantitative estimate of drug-likeness (QED) is 0.474. The lowest BCUT2D eigenvalue weighted by Gasteiger charge is -2.42. The Bertz CT molecular complexity index is 1020. The van der Waals surface area contributed by atoms with Crippen LogP contribution in [0.15, 0.2) is 72.8 Å². The van der Waals surface area contributed by atoms with E-state index in [9.17, 15) is 4.79 Å². The predicted molar refractivity (Wildman–Crippen MR) is 120 cm³/mol. The van der Waals surface area contributed by atoms with Crippen LogP contribution in [0.3, 0.4) is 0 Å². The summed E-state index contributed by atoms with van der Waals surface area (Å²) in [6.45, 7) is 3.47. The van der Waals surface area contributed by atoms with E-state index in [0.717, 1.165) is 31.5 Å². The summed E-state index contributed by atoms with van der Waals surface area (Å²) in [6, 6.07) is 25.0. The first-order chi connectivity index (χ1) is 14.1. The molecule has 0 aliphatic carbocycles. The summed E-state index contributed by atoms with van der Waals surface area (Å²) in [7, 11) is 0. The van der Waals surface area contributed by atoms with Crippen molar-refractivity contribution in [2.45, 2.75) is 38.0 Å². The Balaban J connectivity index is 1.47. The third-order valence-corrected chi connectivity index (χ3v) is 6.37. The van der Waals surface area contributed by atoms with E-state index >= 15 is 0 Å². The maximum Gasteiger partial charge on any atom is 0.143 e. The highest BCUT2D eigenvalue weighted by molar-refractivity contribution is 5.91. The average Bonchev–Trinajstić information content (AvgIpc) is 2.79. The molecule has 1 aliphatic rings. The van der Waals surface area contributed by atoms with Gasteiger partial charge in [-0.05, 0) is 34.7 Å². The number of rotatable bonds is 5. The van der Waals surface area contributed by atoms with Gasteiger partial charge in [-0.1, -0.05) is 79.7 Å². The van der Waals surface area contributed by atoms with Gasteiger partial charge < -0.3 is 4.90 Å². The summed E-state index contributed by atoms with van der Waals surface area (Å²) in [4.78, 5) is 15.1. The van der Waals surface area contributed by atoms with Gasteiger partial charge in [0.2, 0.25) is 0 Å². The highest BCUT2D eigenvalue weighted by Gasteiger charge is 2.41. The lowest BCUT2D eigenvalue weighted by Crippen LogP contribution is -2.49. The van der Waals surface area contributed by atoms with Crippen molar-refractivity contribution in [2.75, 3.05) is 13.1 Å². The molecule has 0 saturated carbocycles.